The average Bonchev–Trinajstić information content (AvgIpc) is 2.82. The van der Waals surface area contributed by atoms with E-state index in [-0.39, 0.29) is 6.42 Å². The van der Waals surface area contributed by atoms with Crippen LogP contribution in [0.5, 0.6) is 0 Å². The van der Waals surface area contributed by atoms with E-state index in [4.69, 9.17) is 5.11 Å². The minimum Gasteiger partial charge on any atom is -0.481 e. The summed E-state index contributed by atoms with van der Waals surface area (Å²) in [6, 6.07) is 18.1. The molecule has 3 nitrogen and oxygen atoms in total. The summed E-state index contributed by atoms with van der Waals surface area (Å²) < 4.78 is 2.18. The lowest BCUT2D eigenvalue weighted by atomic mass is 10.1. The Kier molecular flexibility index (Phi) is 3.25. The average molecular weight is 265 g/mol. The fraction of sp³-hybridized carbons (Fsp3) is 0.118. The fourth-order valence-corrected chi connectivity index (χ4v) is 2.45. The highest BCUT2D eigenvalue weighted by Crippen LogP contribution is 2.19. The first-order chi connectivity index (χ1) is 9.72. The van der Waals surface area contributed by atoms with E-state index < -0.39 is 5.97 Å². The van der Waals surface area contributed by atoms with Crippen molar-refractivity contribution in [1.29, 1.82) is 0 Å². The number of hydrogen-bond acceptors (Lipinski definition) is 1. The van der Waals surface area contributed by atoms with E-state index in [2.05, 4.69) is 16.7 Å². The summed E-state index contributed by atoms with van der Waals surface area (Å²) in [6.45, 7) is 0.822. The topological polar surface area (TPSA) is 42.2 Å². The molecular formula is C17H15NO2. The second-order valence-corrected chi connectivity index (χ2v) is 4.89. The van der Waals surface area contributed by atoms with Crippen molar-refractivity contribution in [2.45, 2.75) is 13.0 Å². The number of carboxylic acid groups (broad SMARTS) is 1. The Morgan fingerprint density at radius 2 is 1.80 bits per heavy atom. The van der Waals surface area contributed by atoms with Gasteiger partial charge in [0.25, 0.3) is 0 Å². The Labute approximate surface area is 117 Å². The maximum absolute atomic E-state index is 10.7. The van der Waals surface area contributed by atoms with Gasteiger partial charge in [-0.2, -0.15) is 0 Å². The minimum atomic E-state index is -0.798. The smallest absolute Gasteiger partial charge is 0.307 e. The van der Waals surface area contributed by atoms with Crippen LogP contribution in [0.1, 0.15) is 11.1 Å². The molecule has 2 aromatic carbocycles. The van der Waals surface area contributed by atoms with Gasteiger partial charge in [-0.05, 0) is 34.7 Å². The summed E-state index contributed by atoms with van der Waals surface area (Å²) in [4.78, 5) is 10.7. The van der Waals surface area contributed by atoms with Crippen molar-refractivity contribution in [3.63, 3.8) is 0 Å². The third kappa shape index (κ3) is 2.57. The van der Waals surface area contributed by atoms with Crippen LogP contribution in [0.25, 0.3) is 10.9 Å². The van der Waals surface area contributed by atoms with Crippen LogP contribution in [0, 0.1) is 0 Å². The first-order valence-corrected chi connectivity index (χ1v) is 6.56. The quantitative estimate of drug-likeness (QED) is 0.786. The normalized spacial score (nSPS) is 10.8. The third-order valence-electron chi connectivity index (χ3n) is 3.39. The van der Waals surface area contributed by atoms with Crippen molar-refractivity contribution in [3.05, 3.63) is 71.9 Å². The molecule has 3 aromatic rings. The minimum absolute atomic E-state index is 0.0693. The predicted molar refractivity (Wildman–Crippen MR) is 78.8 cm³/mol. The molecule has 3 heteroatoms. The first kappa shape index (κ1) is 12.5. The zero-order valence-electron chi connectivity index (χ0n) is 11.0. The van der Waals surface area contributed by atoms with E-state index in [1.807, 2.05) is 48.7 Å². The van der Waals surface area contributed by atoms with Crippen molar-refractivity contribution < 1.29 is 9.90 Å². The molecule has 1 N–H and O–H groups in total. The van der Waals surface area contributed by atoms with Crippen LogP contribution in [-0.2, 0) is 17.8 Å². The molecule has 0 fully saturated rings. The van der Waals surface area contributed by atoms with E-state index in [9.17, 15) is 4.79 Å². The Morgan fingerprint density at radius 1 is 1.00 bits per heavy atom. The number of rotatable bonds is 4. The zero-order valence-corrected chi connectivity index (χ0v) is 11.0. The Hall–Kier alpha value is -2.55. The number of fused-ring (bicyclic) bond motifs is 1. The number of benzene rings is 2. The van der Waals surface area contributed by atoms with Gasteiger partial charge in [-0.25, -0.2) is 0 Å². The van der Waals surface area contributed by atoms with Gasteiger partial charge in [0, 0.05) is 18.3 Å². The molecule has 1 heterocycles. The molecule has 0 saturated carbocycles. The monoisotopic (exact) mass is 265 g/mol. The van der Waals surface area contributed by atoms with E-state index in [1.165, 1.54) is 5.56 Å². The van der Waals surface area contributed by atoms with Gasteiger partial charge in [0.15, 0.2) is 0 Å². The van der Waals surface area contributed by atoms with Crippen LogP contribution in [0.15, 0.2) is 60.8 Å². The fourth-order valence-electron chi connectivity index (χ4n) is 2.45. The standard InChI is InChI=1S/C17H15NO2/c19-17(20)11-14-6-7-16-15(10-14)8-9-18(16)12-13-4-2-1-3-5-13/h1-10H,11-12H2,(H,19,20). The van der Waals surface area contributed by atoms with E-state index in [1.54, 1.807) is 0 Å². The number of aliphatic carboxylic acids is 1. The highest BCUT2D eigenvalue weighted by Gasteiger charge is 2.05. The molecule has 0 atom stereocenters. The van der Waals surface area contributed by atoms with E-state index in [0.717, 1.165) is 23.0 Å². The van der Waals surface area contributed by atoms with Crippen molar-refractivity contribution in [2.75, 3.05) is 0 Å². The lowest BCUT2D eigenvalue weighted by Crippen LogP contribution is -2.00. The van der Waals surface area contributed by atoms with E-state index in [0.29, 0.717) is 0 Å². The lowest BCUT2D eigenvalue weighted by molar-refractivity contribution is -0.136. The molecule has 0 aliphatic rings. The highest BCUT2D eigenvalue weighted by atomic mass is 16.4. The molecular weight excluding hydrogens is 250 g/mol. The van der Waals surface area contributed by atoms with Crippen LogP contribution in [0.2, 0.25) is 0 Å². The molecule has 0 saturated heterocycles. The molecule has 0 spiro atoms. The Morgan fingerprint density at radius 3 is 2.55 bits per heavy atom. The second-order valence-electron chi connectivity index (χ2n) is 4.89. The molecule has 0 aliphatic carbocycles. The molecule has 0 radical (unpaired) electrons. The van der Waals surface area contributed by atoms with Crippen LogP contribution >= 0.6 is 0 Å². The van der Waals surface area contributed by atoms with Crippen LogP contribution in [0.3, 0.4) is 0 Å². The largest absolute Gasteiger partial charge is 0.481 e. The van der Waals surface area contributed by atoms with Gasteiger partial charge in [0.2, 0.25) is 0 Å². The van der Waals surface area contributed by atoms with Crippen LogP contribution in [0.4, 0.5) is 0 Å². The maximum atomic E-state index is 10.7. The van der Waals surface area contributed by atoms with Crippen molar-refractivity contribution in [3.8, 4) is 0 Å². The van der Waals surface area contributed by atoms with Gasteiger partial charge < -0.3 is 9.67 Å². The van der Waals surface area contributed by atoms with Gasteiger partial charge in [-0.3, -0.25) is 4.79 Å². The number of nitrogens with zero attached hydrogens (tertiary/aromatic N) is 1. The van der Waals surface area contributed by atoms with Crippen LogP contribution < -0.4 is 0 Å². The molecule has 0 amide bonds. The van der Waals surface area contributed by atoms with Gasteiger partial charge in [-0.15, -0.1) is 0 Å². The number of aromatic nitrogens is 1. The second kappa shape index (κ2) is 5.21. The van der Waals surface area contributed by atoms with Gasteiger partial charge in [0.05, 0.1) is 6.42 Å². The van der Waals surface area contributed by atoms with Crippen molar-refractivity contribution in [2.24, 2.45) is 0 Å². The zero-order chi connectivity index (χ0) is 13.9. The summed E-state index contributed by atoms with van der Waals surface area (Å²) in [5.41, 5.74) is 3.21. The predicted octanol–water partition coefficient (Wildman–Crippen LogP) is 3.32. The molecule has 20 heavy (non-hydrogen) atoms. The summed E-state index contributed by atoms with van der Waals surface area (Å²) in [5, 5.41) is 9.92. The SMILES string of the molecule is O=C(O)Cc1ccc2c(ccn2Cc2ccccc2)c1. The summed E-state index contributed by atoms with van der Waals surface area (Å²) >= 11 is 0. The molecule has 0 aliphatic heterocycles. The lowest BCUT2D eigenvalue weighted by Gasteiger charge is -2.06. The summed E-state index contributed by atoms with van der Waals surface area (Å²) in [7, 11) is 0. The van der Waals surface area contributed by atoms with Crippen LogP contribution in [-0.4, -0.2) is 15.6 Å². The van der Waals surface area contributed by atoms with Gasteiger partial charge >= 0.3 is 5.97 Å². The van der Waals surface area contributed by atoms with Gasteiger partial charge in [-0.1, -0.05) is 36.4 Å². The van der Waals surface area contributed by atoms with Crippen molar-refractivity contribution in [1.82, 2.24) is 4.57 Å². The summed E-state index contributed by atoms with van der Waals surface area (Å²) in [5.74, 6) is -0.798. The van der Waals surface area contributed by atoms with E-state index >= 15 is 0 Å². The summed E-state index contributed by atoms with van der Waals surface area (Å²) in [6.07, 6.45) is 2.11. The highest BCUT2D eigenvalue weighted by molar-refractivity contribution is 5.82. The molecule has 100 valence electrons. The Bertz CT molecular complexity index is 744. The number of carboxylic acids is 1. The number of carbonyl (C=O) groups is 1. The molecule has 0 bridgehead atoms. The Balaban J connectivity index is 1.92. The molecule has 1 aromatic heterocycles. The van der Waals surface area contributed by atoms with Crippen molar-refractivity contribution >= 4 is 16.9 Å². The molecule has 0 unspecified atom stereocenters. The molecule has 3 rings (SSSR count). The first-order valence-electron chi connectivity index (χ1n) is 6.56. The van der Waals surface area contributed by atoms with Gasteiger partial charge in [0.1, 0.15) is 0 Å². The third-order valence-corrected chi connectivity index (χ3v) is 3.39. The maximum Gasteiger partial charge on any atom is 0.307 e. The number of hydrogen-bond donors (Lipinski definition) is 1.